The number of rotatable bonds is 4. The largest absolute Gasteiger partial charge is 0.375 e. The van der Waals surface area contributed by atoms with Crippen molar-refractivity contribution in [1.29, 1.82) is 0 Å². The number of ether oxygens (including phenoxy) is 1. The predicted octanol–water partition coefficient (Wildman–Crippen LogP) is 0.822. The second-order valence-electron chi connectivity index (χ2n) is 7.72. The van der Waals surface area contributed by atoms with E-state index in [1.54, 1.807) is 6.07 Å². The van der Waals surface area contributed by atoms with E-state index in [9.17, 15) is 14.4 Å². The van der Waals surface area contributed by atoms with Crippen LogP contribution in [0.15, 0.2) is 18.3 Å². The number of likely N-dealkylation sites (N-methyl/N-ethyl adjacent to an activating group) is 1. The van der Waals surface area contributed by atoms with Crippen LogP contribution in [0.4, 0.5) is 5.82 Å². The number of likely N-dealkylation sites (tertiary alicyclic amines) is 1. The Labute approximate surface area is 193 Å². The number of anilines is 1. The molecular formula is C20H23ClN6O4S. The molecule has 3 N–H and O–H groups in total. The van der Waals surface area contributed by atoms with Crippen molar-refractivity contribution in [2.45, 2.75) is 31.5 Å². The first-order chi connectivity index (χ1) is 15.4. The fourth-order valence-corrected chi connectivity index (χ4v) is 4.70. The molecule has 12 heteroatoms. The Morgan fingerprint density at radius 3 is 2.81 bits per heavy atom. The Morgan fingerprint density at radius 2 is 2.06 bits per heavy atom. The number of amides is 3. The highest BCUT2D eigenvalue weighted by Gasteiger charge is 2.32. The molecular weight excluding hydrogens is 456 g/mol. The van der Waals surface area contributed by atoms with Gasteiger partial charge in [0.2, 0.25) is 0 Å². The minimum Gasteiger partial charge on any atom is -0.375 e. The maximum absolute atomic E-state index is 12.8. The van der Waals surface area contributed by atoms with Gasteiger partial charge < -0.3 is 25.6 Å². The molecule has 0 bridgehead atoms. The van der Waals surface area contributed by atoms with Gasteiger partial charge in [0.25, 0.3) is 5.91 Å². The zero-order valence-corrected chi connectivity index (χ0v) is 19.0. The van der Waals surface area contributed by atoms with Gasteiger partial charge >= 0.3 is 11.8 Å². The highest BCUT2D eigenvalue weighted by atomic mass is 35.5. The fraction of sp³-hybridized carbons (Fsp3) is 0.450. The minimum absolute atomic E-state index is 0.222. The maximum Gasteiger partial charge on any atom is 0.314 e. The number of nitrogens with one attached hydrogen (secondary N) is 3. The van der Waals surface area contributed by atoms with E-state index in [1.165, 1.54) is 23.6 Å². The first-order valence-corrected chi connectivity index (χ1v) is 11.4. The molecule has 0 aliphatic carbocycles. The molecule has 4 heterocycles. The summed E-state index contributed by atoms with van der Waals surface area (Å²) in [5.74, 6) is -1.70. The van der Waals surface area contributed by atoms with Crippen molar-refractivity contribution in [2.24, 2.45) is 0 Å². The van der Waals surface area contributed by atoms with E-state index in [1.807, 2.05) is 7.05 Å². The third kappa shape index (κ3) is 5.41. The summed E-state index contributed by atoms with van der Waals surface area (Å²) in [6.07, 6.45) is 2.66. The van der Waals surface area contributed by atoms with E-state index in [0.29, 0.717) is 42.6 Å². The van der Waals surface area contributed by atoms with Crippen LogP contribution in [0.25, 0.3) is 0 Å². The molecule has 0 aromatic carbocycles. The summed E-state index contributed by atoms with van der Waals surface area (Å²) in [7, 11) is 1.94. The number of thiazole rings is 1. The van der Waals surface area contributed by atoms with E-state index in [-0.39, 0.29) is 17.8 Å². The third-order valence-electron chi connectivity index (χ3n) is 5.31. The summed E-state index contributed by atoms with van der Waals surface area (Å²) in [6, 6.07) is 2.30. The quantitative estimate of drug-likeness (QED) is 0.555. The summed E-state index contributed by atoms with van der Waals surface area (Å²) < 4.78 is 5.42. The summed E-state index contributed by atoms with van der Waals surface area (Å²) in [4.78, 5) is 49.0. The van der Waals surface area contributed by atoms with Crippen LogP contribution in [0.1, 0.15) is 26.8 Å². The van der Waals surface area contributed by atoms with Gasteiger partial charge in [-0.05, 0) is 32.1 Å². The van der Waals surface area contributed by atoms with Crippen molar-refractivity contribution < 1.29 is 19.1 Å². The molecule has 2 atom stereocenters. The van der Waals surface area contributed by atoms with Crippen LogP contribution in [0.5, 0.6) is 0 Å². The SMILES string of the molecule is CN1CC[C@H](NC(=O)C(=O)Nc2ccc(Cl)cn2)[C@H](NC(=O)c2nc3c(s2)COCC3)C1. The van der Waals surface area contributed by atoms with Gasteiger partial charge in [0.1, 0.15) is 5.82 Å². The van der Waals surface area contributed by atoms with E-state index < -0.39 is 17.9 Å². The zero-order valence-electron chi connectivity index (χ0n) is 17.4. The highest BCUT2D eigenvalue weighted by molar-refractivity contribution is 7.13. The van der Waals surface area contributed by atoms with Gasteiger partial charge in [0, 0.05) is 19.2 Å². The minimum atomic E-state index is -0.837. The number of piperidine rings is 1. The fourth-order valence-electron chi connectivity index (χ4n) is 3.64. The lowest BCUT2D eigenvalue weighted by Crippen LogP contribution is -2.60. The number of pyridine rings is 1. The van der Waals surface area contributed by atoms with Crippen molar-refractivity contribution in [3.63, 3.8) is 0 Å². The monoisotopic (exact) mass is 478 g/mol. The Bertz CT molecular complexity index is 991. The summed E-state index contributed by atoms with van der Waals surface area (Å²) in [6.45, 7) is 2.33. The lowest BCUT2D eigenvalue weighted by atomic mass is 9.99. The highest BCUT2D eigenvalue weighted by Crippen LogP contribution is 2.24. The van der Waals surface area contributed by atoms with Crippen molar-refractivity contribution in [1.82, 2.24) is 25.5 Å². The molecule has 10 nitrogen and oxygen atoms in total. The Kier molecular flexibility index (Phi) is 6.99. The second-order valence-corrected chi connectivity index (χ2v) is 9.24. The van der Waals surface area contributed by atoms with Gasteiger partial charge in [-0.25, -0.2) is 9.97 Å². The van der Waals surface area contributed by atoms with Gasteiger partial charge in [0.05, 0.1) is 40.9 Å². The van der Waals surface area contributed by atoms with Gasteiger partial charge in [-0.1, -0.05) is 11.6 Å². The number of fused-ring (bicyclic) bond motifs is 1. The first kappa shape index (κ1) is 22.6. The number of hydrogen-bond donors (Lipinski definition) is 3. The number of carbonyl (C=O) groups is 3. The van der Waals surface area contributed by atoms with Crippen molar-refractivity contribution in [2.75, 3.05) is 32.1 Å². The van der Waals surface area contributed by atoms with Gasteiger partial charge in [0.15, 0.2) is 5.01 Å². The Balaban J connectivity index is 1.38. The van der Waals surface area contributed by atoms with Gasteiger partial charge in [-0.2, -0.15) is 0 Å². The molecule has 2 aromatic rings. The van der Waals surface area contributed by atoms with E-state index in [0.717, 1.165) is 17.1 Å². The average Bonchev–Trinajstić information content (AvgIpc) is 3.21. The van der Waals surface area contributed by atoms with Crippen LogP contribution in [0, 0.1) is 0 Å². The molecule has 2 aromatic heterocycles. The molecule has 170 valence electrons. The van der Waals surface area contributed by atoms with Crippen LogP contribution >= 0.6 is 22.9 Å². The maximum atomic E-state index is 12.8. The Morgan fingerprint density at radius 1 is 1.22 bits per heavy atom. The molecule has 3 amide bonds. The summed E-state index contributed by atoms with van der Waals surface area (Å²) in [5, 5.41) is 8.96. The van der Waals surface area contributed by atoms with Crippen LogP contribution in [-0.4, -0.2) is 71.4 Å². The Hall–Kier alpha value is -2.60. The zero-order chi connectivity index (χ0) is 22.7. The first-order valence-electron chi connectivity index (χ1n) is 10.2. The lowest BCUT2D eigenvalue weighted by molar-refractivity contribution is -0.136. The van der Waals surface area contributed by atoms with Crippen LogP contribution in [0.3, 0.4) is 0 Å². The lowest BCUT2D eigenvalue weighted by Gasteiger charge is -2.37. The number of carbonyl (C=O) groups excluding carboxylic acids is 3. The molecule has 0 radical (unpaired) electrons. The summed E-state index contributed by atoms with van der Waals surface area (Å²) >= 11 is 7.11. The van der Waals surface area contributed by atoms with Crippen LogP contribution < -0.4 is 16.0 Å². The third-order valence-corrected chi connectivity index (χ3v) is 6.61. The smallest absolute Gasteiger partial charge is 0.314 e. The van der Waals surface area contributed by atoms with Gasteiger partial charge in [-0.15, -0.1) is 11.3 Å². The molecule has 2 aliphatic rings. The number of hydrogen-bond acceptors (Lipinski definition) is 8. The second kappa shape index (κ2) is 9.90. The average molecular weight is 479 g/mol. The molecule has 4 rings (SSSR count). The number of nitrogens with zero attached hydrogens (tertiary/aromatic N) is 3. The summed E-state index contributed by atoms with van der Waals surface area (Å²) in [5.41, 5.74) is 0.907. The molecule has 1 fully saturated rings. The van der Waals surface area contributed by atoms with E-state index in [4.69, 9.17) is 16.3 Å². The number of aromatic nitrogens is 2. The van der Waals surface area contributed by atoms with Crippen molar-refractivity contribution in [3.05, 3.63) is 38.9 Å². The number of halogens is 1. The molecule has 0 spiro atoms. The molecule has 32 heavy (non-hydrogen) atoms. The molecule has 2 aliphatic heterocycles. The molecule has 0 unspecified atom stereocenters. The van der Waals surface area contributed by atoms with Crippen molar-refractivity contribution in [3.8, 4) is 0 Å². The van der Waals surface area contributed by atoms with Gasteiger partial charge in [-0.3, -0.25) is 14.4 Å². The van der Waals surface area contributed by atoms with E-state index >= 15 is 0 Å². The normalized spacial score (nSPS) is 20.8. The predicted molar refractivity (Wildman–Crippen MR) is 119 cm³/mol. The molecule has 0 saturated carbocycles. The topological polar surface area (TPSA) is 126 Å². The van der Waals surface area contributed by atoms with Crippen LogP contribution in [0.2, 0.25) is 5.02 Å². The molecule has 1 saturated heterocycles. The van der Waals surface area contributed by atoms with E-state index in [2.05, 4.69) is 30.8 Å². The standard InChI is InChI=1S/C20H23ClN6O4S/c1-27-6-4-12(23-17(28)18(29)26-16-3-2-11(21)8-22-16)14(9-27)24-19(30)20-25-13-5-7-31-10-15(13)32-20/h2-3,8,12,14H,4-7,9-10H2,1H3,(H,23,28)(H,24,30)(H,22,26,29)/t12-,14+/m0/s1. The van der Waals surface area contributed by atoms with Crippen LogP contribution in [-0.2, 0) is 27.4 Å². The van der Waals surface area contributed by atoms with Crippen molar-refractivity contribution >= 4 is 46.5 Å².